The second kappa shape index (κ2) is 32.4. The maximum Gasteiger partial charge on any atom is 0.346 e. The summed E-state index contributed by atoms with van der Waals surface area (Å²) in [5.74, 6) is 0. The van der Waals surface area contributed by atoms with Crippen molar-refractivity contribution in [1.29, 1.82) is 0 Å². The minimum Gasteiger partial charge on any atom is -0.458 e. The van der Waals surface area contributed by atoms with Crippen molar-refractivity contribution < 1.29 is 17.1 Å². The van der Waals surface area contributed by atoms with E-state index in [0.29, 0.717) is 19.6 Å². The lowest BCUT2D eigenvalue weighted by Gasteiger charge is -2.43. The number of nitrogens with zero attached hydrogens (tertiary/aromatic N) is 4. The number of allylic oxidation sites excluding steroid dienone is 2. The summed E-state index contributed by atoms with van der Waals surface area (Å²) in [7, 11) is -9.66. The van der Waals surface area contributed by atoms with Crippen LogP contribution < -0.4 is 72.7 Å². The largest absolute Gasteiger partial charge is 0.458 e. The van der Waals surface area contributed by atoms with Crippen LogP contribution in [-0.2, 0) is 34.4 Å². The molecule has 1 radical (unpaired) electrons. The quantitative estimate of drug-likeness (QED) is 0.0460. The van der Waals surface area contributed by atoms with Crippen LogP contribution in [-0.4, -0.2) is 73.0 Å². The Hall–Kier alpha value is -7.10. The highest BCUT2D eigenvalue weighted by Crippen LogP contribution is 2.31. The van der Waals surface area contributed by atoms with Gasteiger partial charge in [-0.25, -0.2) is 19.2 Å². The van der Waals surface area contributed by atoms with Gasteiger partial charge < -0.3 is 22.8 Å². The first-order chi connectivity index (χ1) is 41.5. The molecule has 0 aliphatic heterocycles. The summed E-state index contributed by atoms with van der Waals surface area (Å²) in [6.45, 7) is 41.9. The fraction of sp³-hybridized carbons (Fsp3) is 0.455. The van der Waals surface area contributed by atoms with Crippen molar-refractivity contribution in [3.05, 3.63) is 199 Å². The molecule has 0 fully saturated rings. The van der Waals surface area contributed by atoms with Gasteiger partial charge >= 0.3 is 22.5 Å². The van der Waals surface area contributed by atoms with E-state index in [4.69, 9.17) is 14.0 Å². The minimum absolute atomic E-state index is 0. The lowest BCUT2D eigenvalue weighted by Crippen LogP contribution is -2.61. The molecule has 0 spiro atoms. The molecule has 3 aromatic carbocycles. The molecular weight excluding hydrogens is 1290 g/mol. The lowest BCUT2D eigenvalue weighted by molar-refractivity contribution is 0.498. The van der Waals surface area contributed by atoms with Crippen LogP contribution in [0, 0.1) is 0 Å². The number of hydrogen-bond donors (Lipinski definition) is 1. The van der Waals surface area contributed by atoms with Gasteiger partial charge in [0.05, 0.1) is 80.5 Å². The van der Waals surface area contributed by atoms with Crippen LogP contribution in [0.15, 0.2) is 141 Å². The van der Waals surface area contributed by atoms with Crippen LogP contribution >= 0.6 is 0 Å². The van der Waals surface area contributed by atoms with Gasteiger partial charge in [0, 0.05) is 32.7 Å². The minimum atomic E-state index is -1.92. The number of nitrogens with two attached hydrogens (primary N) is 1. The van der Waals surface area contributed by atoms with E-state index in [0.717, 1.165) is 71.1 Å². The molecule has 0 atom stereocenters. The van der Waals surface area contributed by atoms with Crippen LogP contribution in [0.25, 0.3) is 64.6 Å². The van der Waals surface area contributed by atoms with Gasteiger partial charge in [0.2, 0.25) is 0 Å². The summed E-state index contributed by atoms with van der Waals surface area (Å²) in [6.07, 6.45) is 8.28. The third kappa shape index (κ3) is 17.3. The Balaban J connectivity index is 0.000000523. The summed E-state index contributed by atoms with van der Waals surface area (Å²) in [5, 5.41) is 1.46. The average molecular weight is 1390 g/mol. The monoisotopic (exact) mass is 1380 g/mol. The van der Waals surface area contributed by atoms with Crippen LogP contribution in [0.3, 0.4) is 0 Å². The van der Waals surface area contributed by atoms with Crippen molar-refractivity contribution in [2.45, 2.75) is 192 Å². The van der Waals surface area contributed by atoms with E-state index in [9.17, 15) is 57.5 Å². The molecule has 6 aromatic heterocycles. The van der Waals surface area contributed by atoms with Gasteiger partial charge in [-0.1, -0.05) is 106 Å². The number of fused-ring (bicyclic) bond motifs is 6. The zero-order chi connectivity index (χ0) is 66.6. The molecule has 21 nitrogen and oxygen atoms in total. The highest BCUT2D eigenvalue weighted by Gasteiger charge is 2.45. The number of hydrogen-bond acceptors (Lipinski definition) is 17. The topological polar surface area (TPSA) is 295 Å². The number of furan rings is 2. The summed E-state index contributed by atoms with van der Waals surface area (Å²) in [6, 6.07) is 12.2. The second-order valence-electron chi connectivity index (χ2n) is 25.4. The highest BCUT2D eigenvalue weighted by molar-refractivity contribution is 7.39. The molecule has 0 amide bonds. The molecule has 93 heavy (non-hydrogen) atoms. The molecule has 9 rings (SSSR count). The third-order valence-corrected chi connectivity index (χ3v) is 56.1. The van der Waals surface area contributed by atoms with E-state index in [1.807, 2.05) is 0 Å². The van der Waals surface area contributed by atoms with Crippen LogP contribution in [0.2, 0.25) is 96.2 Å². The molecule has 0 aliphatic carbocycles. The average Bonchev–Trinajstić information content (AvgIpc) is 1.61. The number of benzene rings is 3. The van der Waals surface area contributed by atoms with E-state index in [1.165, 1.54) is 45.6 Å². The molecule has 0 aliphatic rings. The van der Waals surface area contributed by atoms with E-state index in [2.05, 4.69) is 114 Å². The number of aromatic nitrogens is 4. The molecule has 0 bridgehead atoms. The van der Waals surface area contributed by atoms with E-state index in [1.54, 1.807) is 6.08 Å². The smallest absolute Gasteiger partial charge is 0.346 e. The predicted octanol–water partition coefficient (Wildman–Crippen LogP) is 9.81. The summed E-state index contributed by atoms with van der Waals surface area (Å²) in [5.41, 5.74) is -1.77. The highest BCUT2D eigenvalue weighted by atomic mass is 29.3. The van der Waals surface area contributed by atoms with E-state index >= 15 is 0 Å². The van der Waals surface area contributed by atoms with Crippen molar-refractivity contribution >= 4 is 113 Å². The van der Waals surface area contributed by atoms with Crippen LogP contribution in [0.5, 0.6) is 0 Å². The van der Waals surface area contributed by atoms with Crippen LogP contribution in [0.1, 0.15) is 69.2 Å². The van der Waals surface area contributed by atoms with Gasteiger partial charge in [-0.05, 0) is 114 Å². The predicted molar refractivity (Wildman–Crippen MR) is 400 cm³/mol. The molecule has 9 aromatic rings. The summed E-state index contributed by atoms with van der Waals surface area (Å²) >= 11 is 0. The van der Waals surface area contributed by atoms with Gasteiger partial charge in [-0.3, -0.25) is 56.6 Å². The number of rotatable bonds is 23. The molecule has 27 heteroatoms. The van der Waals surface area contributed by atoms with E-state index in [-0.39, 0.29) is 130 Å². The summed E-state index contributed by atoms with van der Waals surface area (Å²) < 4.78 is 27.1. The molecule has 0 unspecified atom stereocenters. The first kappa shape index (κ1) is 82.0. The zero-order valence-electron chi connectivity index (χ0n) is 53.4. The van der Waals surface area contributed by atoms with E-state index < -0.39 is 92.9 Å². The first-order valence-corrected chi connectivity index (χ1v) is 49.2. The van der Waals surface area contributed by atoms with Gasteiger partial charge in [-0.2, -0.15) is 0 Å². The Kier molecular flexibility index (Phi) is 28.5. The van der Waals surface area contributed by atoms with Crippen LogP contribution in [0.4, 0.5) is 0 Å². The molecule has 0 saturated carbocycles. The van der Waals surface area contributed by atoms with Gasteiger partial charge in [0.15, 0.2) is 32.3 Å². The maximum absolute atomic E-state index is 13.5. The Morgan fingerprint density at radius 3 is 0.978 bits per heavy atom. The lowest BCUT2D eigenvalue weighted by atomic mass is 10.1. The normalized spacial score (nSPS) is 11.9. The van der Waals surface area contributed by atoms with Gasteiger partial charge in [0.1, 0.15) is 0 Å². The van der Waals surface area contributed by atoms with Crippen molar-refractivity contribution in [2.24, 2.45) is 5.73 Å². The third-order valence-electron chi connectivity index (χ3n) is 16.9. The molecule has 2 N–H and O–H groups in total. The standard InChI is InChI=1S/C33H61N2O6Si6.C16H12N2O4.C10H2O6.C3H7N.4CH4/c1-14-21-43(4,5)40-46(10,11)42(3)20-16-18-34-30(36)26-24-28-29(25-27(26)31(34)37)33(39)35(32(28)38)19-17-23-45(8,9)47(12,13)41-44(6,7)22-15-2;1-3-5-17-13(19)9-7-11-12(8-10(9)14(17)20)16(22)18(6-4-2)15(11)21;11-7-3-1-4-6(10(14)16-8(4)12)2-5(3)9(13)15-7;1-2-3-4;;;;/h24-25H,14-23H2,1-13H3;3-4,7-8H,1-2,5-6H2;1-2H;2H,1,3-4H2;4*1H4. The first-order valence-electron chi connectivity index (χ1n) is 29.8. The molecular formula is C66H98N5O16Si6. The fourth-order valence-electron chi connectivity index (χ4n) is 11.5. The molecule has 0 saturated heterocycles. The second-order valence-corrected chi connectivity index (χ2v) is 61.3. The fourth-order valence-corrected chi connectivity index (χ4v) is 44.2. The van der Waals surface area contributed by atoms with Crippen molar-refractivity contribution in [1.82, 2.24) is 18.3 Å². The molecule has 6 heterocycles. The SMILES string of the molecule is C.C.C.C.C=CCN.C=CCn1c(=O)c2cc3c(=O)n(CC=C)c(=O)c3cc2c1=O.CCC[Si](C)(C)O[Si](C)(C)[Si](C)CCCn1c(=O)c2cc3c(=O)n(CCC[Si](C)(C)[Si](C)(C)O[Si](C)(C)CCC)c(=O)c3cc2c1=O.O=c1oc(=O)c2cc3c(=O)oc(=O)c3cc12. The zero-order valence-corrected chi connectivity index (χ0v) is 59.4. The van der Waals surface area contributed by atoms with Crippen molar-refractivity contribution in [3.63, 3.8) is 0 Å². The Morgan fingerprint density at radius 2 is 0.699 bits per heavy atom. The Labute approximate surface area is 547 Å². The molecule has 507 valence electrons. The maximum atomic E-state index is 13.5. The van der Waals surface area contributed by atoms with Gasteiger partial charge in [-0.15, -0.1) is 19.7 Å². The summed E-state index contributed by atoms with van der Waals surface area (Å²) in [4.78, 5) is 147. The van der Waals surface area contributed by atoms with Crippen molar-refractivity contribution in [3.8, 4) is 0 Å². The van der Waals surface area contributed by atoms with Gasteiger partial charge in [0.25, 0.3) is 44.5 Å². The Morgan fingerprint density at radius 1 is 0.430 bits per heavy atom. The Bertz CT molecular complexity index is 4450. The van der Waals surface area contributed by atoms with Crippen molar-refractivity contribution in [2.75, 3.05) is 6.54 Å².